The van der Waals surface area contributed by atoms with Gasteiger partial charge in [0.2, 0.25) is 0 Å². The van der Waals surface area contributed by atoms with Gasteiger partial charge < -0.3 is 10.6 Å². The molecule has 2 aromatic carbocycles. The summed E-state index contributed by atoms with van der Waals surface area (Å²) in [7, 11) is 0. The molecule has 0 aliphatic heterocycles. The third-order valence-corrected chi connectivity index (χ3v) is 4.35. The second-order valence-corrected chi connectivity index (χ2v) is 7.42. The SMILES string of the molecule is Cc1cc(NCC(C)(C)CNc2ccc([N+](=O)O)c(C)c2)ccc1[N+](=O)O. The van der Waals surface area contributed by atoms with Gasteiger partial charge in [0.25, 0.3) is 9.85 Å². The molecular formula is C19H26N4O4+2. The number of nitrogens with zero attached hydrogens (tertiary/aromatic N) is 2. The summed E-state index contributed by atoms with van der Waals surface area (Å²) in [6, 6.07) is 10.3. The molecule has 2 aromatic rings. The first-order valence-electron chi connectivity index (χ1n) is 8.60. The van der Waals surface area contributed by atoms with Gasteiger partial charge in [0.05, 0.1) is 9.81 Å². The van der Waals surface area contributed by atoms with Crippen LogP contribution in [0.25, 0.3) is 0 Å². The lowest BCUT2D eigenvalue weighted by atomic mass is 9.93. The average Bonchev–Trinajstić information content (AvgIpc) is 2.58. The highest BCUT2D eigenvalue weighted by Gasteiger charge is 2.20. The molecule has 0 heterocycles. The molecule has 144 valence electrons. The van der Waals surface area contributed by atoms with Gasteiger partial charge in [-0.05, 0) is 43.5 Å². The molecule has 0 unspecified atom stereocenters. The molecule has 0 saturated carbocycles. The number of hydrogen-bond acceptors (Lipinski definition) is 4. The van der Waals surface area contributed by atoms with Crippen molar-refractivity contribution >= 4 is 22.7 Å². The van der Waals surface area contributed by atoms with E-state index >= 15 is 0 Å². The van der Waals surface area contributed by atoms with Crippen LogP contribution >= 0.6 is 0 Å². The Morgan fingerprint density at radius 2 is 1.19 bits per heavy atom. The van der Waals surface area contributed by atoms with E-state index in [1.165, 1.54) is 0 Å². The molecule has 0 saturated heterocycles. The summed E-state index contributed by atoms with van der Waals surface area (Å²) < 4.78 is 0. The van der Waals surface area contributed by atoms with Crippen LogP contribution in [-0.4, -0.2) is 33.4 Å². The monoisotopic (exact) mass is 374 g/mol. The Bertz CT molecular complexity index is 795. The van der Waals surface area contributed by atoms with Crippen molar-refractivity contribution in [2.24, 2.45) is 5.41 Å². The van der Waals surface area contributed by atoms with Crippen molar-refractivity contribution in [3.63, 3.8) is 0 Å². The summed E-state index contributed by atoms with van der Waals surface area (Å²) in [6.07, 6.45) is 0. The van der Waals surface area contributed by atoms with Crippen LogP contribution in [0.4, 0.5) is 22.7 Å². The standard InChI is InChI=1S/C19H26N4O4/c1-13-9-15(5-7-17(13)22(24)25)20-11-19(3,4)12-21-16-6-8-18(23(26)27)14(2)10-16/h5-10,20-21H,11-12H2,1-4H3,(H,24,25)(H,26,27)/q+2. The normalized spacial score (nSPS) is 11.1. The van der Waals surface area contributed by atoms with Gasteiger partial charge in [-0.1, -0.05) is 13.8 Å². The number of aryl methyl sites for hydroxylation is 2. The molecule has 0 atom stereocenters. The summed E-state index contributed by atoms with van der Waals surface area (Å²) in [4.78, 5) is 21.7. The quantitative estimate of drug-likeness (QED) is 0.509. The molecule has 8 heteroatoms. The highest BCUT2D eigenvalue weighted by molar-refractivity contribution is 5.54. The lowest BCUT2D eigenvalue weighted by Gasteiger charge is -2.26. The van der Waals surface area contributed by atoms with Crippen LogP contribution in [0.3, 0.4) is 0 Å². The molecule has 2 rings (SSSR count). The summed E-state index contributed by atoms with van der Waals surface area (Å²) >= 11 is 0. The van der Waals surface area contributed by atoms with Gasteiger partial charge in [-0.2, -0.15) is 0 Å². The zero-order valence-corrected chi connectivity index (χ0v) is 16.0. The number of anilines is 2. The molecule has 0 bridgehead atoms. The van der Waals surface area contributed by atoms with Crippen LogP contribution in [0.15, 0.2) is 36.4 Å². The van der Waals surface area contributed by atoms with Crippen LogP contribution in [0, 0.1) is 29.1 Å². The number of nitrogens with one attached hydrogen (secondary N) is 2. The molecule has 4 N–H and O–H groups in total. The van der Waals surface area contributed by atoms with Crippen LogP contribution in [-0.2, 0) is 0 Å². The van der Waals surface area contributed by atoms with E-state index in [0.29, 0.717) is 24.2 Å². The van der Waals surface area contributed by atoms with Crippen molar-refractivity contribution < 1.29 is 20.3 Å². The predicted octanol–water partition coefficient (Wildman–Crippen LogP) is 4.45. The average molecular weight is 374 g/mol. The van der Waals surface area contributed by atoms with Gasteiger partial charge in [0.15, 0.2) is 0 Å². The van der Waals surface area contributed by atoms with E-state index in [1.807, 2.05) is 12.1 Å². The van der Waals surface area contributed by atoms with Crippen molar-refractivity contribution in [1.29, 1.82) is 0 Å². The molecule has 0 spiro atoms. The van der Waals surface area contributed by atoms with E-state index in [0.717, 1.165) is 11.4 Å². The van der Waals surface area contributed by atoms with Crippen molar-refractivity contribution in [2.75, 3.05) is 23.7 Å². The number of hydrogen-bond donors (Lipinski definition) is 4. The molecule has 0 fully saturated rings. The van der Waals surface area contributed by atoms with Gasteiger partial charge >= 0.3 is 11.4 Å². The summed E-state index contributed by atoms with van der Waals surface area (Å²) in [5, 5.41) is 24.7. The minimum absolute atomic E-state index is 0.0950. The summed E-state index contributed by atoms with van der Waals surface area (Å²) in [5.41, 5.74) is 3.44. The maximum Gasteiger partial charge on any atom is 0.319 e. The zero-order chi connectivity index (χ0) is 20.2. The van der Waals surface area contributed by atoms with Crippen LogP contribution < -0.4 is 10.6 Å². The molecular weight excluding hydrogens is 348 g/mol. The Balaban J connectivity index is 1.95. The lowest BCUT2D eigenvalue weighted by Crippen LogP contribution is -2.31. The highest BCUT2D eigenvalue weighted by atomic mass is 16.6. The molecule has 0 radical (unpaired) electrons. The van der Waals surface area contributed by atoms with Crippen LogP contribution in [0.5, 0.6) is 0 Å². The van der Waals surface area contributed by atoms with Crippen molar-refractivity contribution in [1.82, 2.24) is 0 Å². The smallest absolute Gasteiger partial charge is 0.319 e. The molecule has 27 heavy (non-hydrogen) atoms. The lowest BCUT2D eigenvalue weighted by molar-refractivity contribution is -0.730. The number of benzene rings is 2. The van der Waals surface area contributed by atoms with Gasteiger partial charge in [0, 0.05) is 47.7 Å². The molecule has 0 amide bonds. The van der Waals surface area contributed by atoms with E-state index in [9.17, 15) is 9.81 Å². The third-order valence-electron chi connectivity index (χ3n) is 4.35. The second-order valence-electron chi connectivity index (χ2n) is 7.42. The Morgan fingerprint density at radius 1 is 0.815 bits per heavy atom. The van der Waals surface area contributed by atoms with Crippen molar-refractivity contribution in [3.05, 3.63) is 57.3 Å². The predicted molar refractivity (Wildman–Crippen MR) is 103 cm³/mol. The highest BCUT2D eigenvalue weighted by Crippen LogP contribution is 2.25. The first-order valence-corrected chi connectivity index (χ1v) is 8.60. The summed E-state index contributed by atoms with van der Waals surface area (Å²) in [5.74, 6) is 0. The van der Waals surface area contributed by atoms with Gasteiger partial charge in [-0.3, -0.25) is 0 Å². The topological polar surface area (TPSA) is 105 Å². The fraction of sp³-hybridized carbons (Fsp3) is 0.368. The van der Waals surface area contributed by atoms with Crippen LogP contribution in [0.1, 0.15) is 25.0 Å². The van der Waals surface area contributed by atoms with E-state index in [2.05, 4.69) is 24.5 Å². The minimum atomic E-state index is -0.136. The Morgan fingerprint density at radius 3 is 1.48 bits per heavy atom. The van der Waals surface area contributed by atoms with Gasteiger partial charge in [0.1, 0.15) is 0 Å². The van der Waals surface area contributed by atoms with Crippen molar-refractivity contribution in [3.8, 4) is 0 Å². The zero-order valence-electron chi connectivity index (χ0n) is 16.0. The largest absolute Gasteiger partial charge is 0.384 e. The van der Waals surface area contributed by atoms with Crippen molar-refractivity contribution in [2.45, 2.75) is 27.7 Å². The van der Waals surface area contributed by atoms with E-state index in [4.69, 9.17) is 10.4 Å². The van der Waals surface area contributed by atoms with Gasteiger partial charge in [-0.15, -0.1) is 0 Å². The van der Waals surface area contributed by atoms with Crippen LogP contribution in [0.2, 0.25) is 0 Å². The second kappa shape index (κ2) is 8.03. The first kappa shape index (κ1) is 20.2. The molecule has 0 aliphatic carbocycles. The fourth-order valence-electron chi connectivity index (χ4n) is 2.71. The minimum Gasteiger partial charge on any atom is -0.384 e. The first-order chi connectivity index (χ1) is 12.6. The molecule has 8 nitrogen and oxygen atoms in total. The Labute approximate surface area is 157 Å². The summed E-state index contributed by atoms with van der Waals surface area (Å²) in [6.45, 7) is 9.10. The third kappa shape index (κ3) is 5.40. The Kier molecular flexibility index (Phi) is 5.99. The van der Waals surface area contributed by atoms with E-state index in [-0.39, 0.29) is 26.6 Å². The fourth-order valence-corrected chi connectivity index (χ4v) is 2.71. The molecule has 0 aromatic heterocycles. The van der Waals surface area contributed by atoms with E-state index in [1.54, 1.807) is 38.1 Å². The number of rotatable bonds is 8. The maximum absolute atomic E-state index is 11.0. The van der Waals surface area contributed by atoms with E-state index < -0.39 is 0 Å². The van der Waals surface area contributed by atoms with Gasteiger partial charge in [-0.25, -0.2) is 10.4 Å². The Hall–Kier alpha value is -3.16. The molecule has 0 aliphatic rings. The maximum atomic E-state index is 11.0.